The van der Waals surface area contributed by atoms with Crippen molar-refractivity contribution in [1.29, 1.82) is 0 Å². The van der Waals surface area contributed by atoms with Crippen molar-refractivity contribution < 1.29 is 27.9 Å². The zero-order valence-corrected chi connectivity index (χ0v) is 21.6. The van der Waals surface area contributed by atoms with E-state index in [1.165, 1.54) is 0 Å². The third-order valence-electron chi connectivity index (χ3n) is 5.98. The number of nitrogens with zero attached hydrogens (tertiary/aromatic N) is 2. The predicted octanol–water partition coefficient (Wildman–Crippen LogP) is 1.63. The van der Waals surface area contributed by atoms with Gasteiger partial charge in [0.05, 0.1) is 11.3 Å². The Morgan fingerprint density at radius 2 is 0.929 bits per heavy atom. The highest BCUT2D eigenvalue weighted by Gasteiger charge is 2.45. The molecule has 0 aromatic rings. The first-order valence-electron chi connectivity index (χ1n) is 10.1. The number of aliphatic hydroxyl groups is 2. The summed E-state index contributed by atoms with van der Waals surface area (Å²) in [5.74, 6) is 0. The minimum Gasteiger partial charge on any atom is -0.397 e. The molecule has 0 heterocycles. The lowest BCUT2D eigenvalue weighted by Crippen LogP contribution is -2.63. The van der Waals surface area contributed by atoms with E-state index in [0.717, 1.165) is 12.8 Å². The minimum atomic E-state index is -2.49. The first kappa shape index (κ1) is 28.1. The van der Waals surface area contributed by atoms with Crippen LogP contribution in [0.1, 0.15) is 40.5 Å². The standard InChI is InChI=1S/C18H44N2O6Si2/c1-11-17(27(9,23-5)24-6)19(15(3)21)13-14-20(16(4)22)18(12-2)28(10,25-7)26-8/h15-18,21-22H,11-14H2,1-10H3. The van der Waals surface area contributed by atoms with Crippen LogP contribution in [0.5, 0.6) is 0 Å². The number of rotatable bonds is 15. The molecule has 0 aromatic carbocycles. The summed E-state index contributed by atoms with van der Waals surface area (Å²) in [5, 5.41) is 21.0. The van der Waals surface area contributed by atoms with Gasteiger partial charge in [-0.1, -0.05) is 13.8 Å². The van der Waals surface area contributed by atoms with Crippen LogP contribution in [0.15, 0.2) is 0 Å². The Morgan fingerprint density at radius 1 is 0.679 bits per heavy atom. The quantitative estimate of drug-likeness (QED) is 0.294. The molecule has 0 aromatic heterocycles. The molecule has 4 atom stereocenters. The Morgan fingerprint density at radius 3 is 1.07 bits per heavy atom. The first-order chi connectivity index (χ1) is 13.0. The number of hydrogen-bond acceptors (Lipinski definition) is 8. The fourth-order valence-corrected chi connectivity index (χ4v) is 8.76. The molecule has 2 N–H and O–H groups in total. The van der Waals surface area contributed by atoms with Crippen molar-refractivity contribution in [1.82, 2.24) is 9.80 Å². The average molecular weight is 441 g/mol. The molecule has 0 aliphatic heterocycles. The van der Waals surface area contributed by atoms with Crippen LogP contribution in [-0.2, 0) is 17.7 Å². The van der Waals surface area contributed by atoms with E-state index in [9.17, 15) is 10.2 Å². The highest BCUT2D eigenvalue weighted by Crippen LogP contribution is 2.24. The summed E-state index contributed by atoms with van der Waals surface area (Å²) in [7, 11) is 1.69. The summed E-state index contributed by atoms with van der Waals surface area (Å²) in [4.78, 5) is 4.03. The van der Waals surface area contributed by atoms with Crippen molar-refractivity contribution in [3.63, 3.8) is 0 Å². The van der Waals surface area contributed by atoms with Gasteiger partial charge in [0.1, 0.15) is 12.5 Å². The summed E-state index contributed by atoms with van der Waals surface area (Å²) >= 11 is 0. The van der Waals surface area contributed by atoms with E-state index in [4.69, 9.17) is 17.7 Å². The minimum absolute atomic E-state index is 0.0214. The summed E-state index contributed by atoms with van der Waals surface area (Å²) < 4.78 is 23.0. The molecule has 0 fully saturated rings. The van der Waals surface area contributed by atoms with Crippen LogP contribution in [0.4, 0.5) is 0 Å². The van der Waals surface area contributed by atoms with Crippen LogP contribution in [-0.4, -0.2) is 102 Å². The maximum Gasteiger partial charge on any atom is 0.352 e. The third-order valence-corrected chi connectivity index (χ3v) is 13.1. The van der Waals surface area contributed by atoms with Gasteiger partial charge in [-0.25, -0.2) is 0 Å². The summed E-state index contributed by atoms with van der Waals surface area (Å²) in [6.07, 6.45) is 0.270. The molecule has 0 aliphatic carbocycles. The van der Waals surface area contributed by atoms with Gasteiger partial charge < -0.3 is 27.9 Å². The zero-order valence-electron chi connectivity index (χ0n) is 19.6. The lowest BCUT2D eigenvalue weighted by atomic mass is 10.3. The molecule has 170 valence electrons. The van der Waals surface area contributed by atoms with E-state index >= 15 is 0 Å². The molecule has 0 rings (SSSR count). The molecule has 0 saturated heterocycles. The fraction of sp³-hybridized carbons (Fsp3) is 1.00. The van der Waals surface area contributed by atoms with E-state index in [0.29, 0.717) is 13.1 Å². The van der Waals surface area contributed by atoms with Crippen molar-refractivity contribution in [3.8, 4) is 0 Å². The Balaban J connectivity index is 5.65. The molecule has 28 heavy (non-hydrogen) atoms. The van der Waals surface area contributed by atoms with Crippen LogP contribution in [0.25, 0.3) is 0 Å². The molecule has 0 radical (unpaired) electrons. The van der Waals surface area contributed by atoms with Crippen LogP contribution in [0.2, 0.25) is 13.1 Å². The average Bonchev–Trinajstić information content (AvgIpc) is 2.68. The maximum atomic E-state index is 10.5. The second-order valence-corrected chi connectivity index (χ2v) is 14.5. The van der Waals surface area contributed by atoms with Crippen molar-refractivity contribution in [2.24, 2.45) is 0 Å². The van der Waals surface area contributed by atoms with Crippen molar-refractivity contribution in [2.75, 3.05) is 41.5 Å². The number of hydrogen-bond donors (Lipinski definition) is 2. The van der Waals surface area contributed by atoms with Gasteiger partial charge in [-0.15, -0.1) is 0 Å². The molecule has 0 amide bonds. The van der Waals surface area contributed by atoms with Crippen molar-refractivity contribution >= 4 is 17.1 Å². The van der Waals surface area contributed by atoms with Gasteiger partial charge >= 0.3 is 17.1 Å². The predicted molar refractivity (Wildman–Crippen MR) is 116 cm³/mol. The normalized spacial score (nSPS) is 17.8. The summed E-state index contributed by atoms with van der Waals surface area (Å²) in [6, 6.07) is 0. The van der Waals surface area contributed by atoms with E-state index in [1.54, 1.807) is 42.3 Å². The molecular formula is C18H44N2O6Si2. The van der Waals surface area contributed by atoms with Gasteiger partial charge in [0, 0.05) is 41.5 Å². The molecule has 10 heteroatoms. The first-order valence-corrected chi connectivity index (χ1v) is 14.9. The zero-order chi connectivity index (χ0) is 22.1. The summed E-state index contributed by atoms with van der Waals surface area (Å²) in [5.41, 5.74) is -0.0428. The van der Waals surface area contributed by atoms with Crippen LogP contribution < -0.4 is 0 Å². The molecule has 0 saturated carbocycles. The van der Waals surface area contributed by atoms with Gasteiger partial charge in [-0.3, -0.25) is 9.80 Å². The molecular weight excluding hydrogens is 396 g/mol. The van der Waals surface area contributed by atoms with E-state index < -0.39 is 29.6 Å². The monoisotopic (exact) mass is 440 g/mol. The lowest BCUT2D eigenvalue weighted by Gasteiger charge is -2.44. The largest absolute Gasteiger partial charge is 0.397 e. The Hall–Kier alpha value is 0.114. The van der Waals surface area contributed by atoms with E-state index in [-0.39, 0.29) is 11.3 Å². The second-order valence-electron chi connectivity index (χ2n) is 7.44. The summed E-state index contributed by atoms with van der Waals surface area (Å²) in [6.45, 7) is 12.8. The number of aliphatic hydroxyl groups excluding tert-OH is 2. The molecule has 0 bridgehead atoms. The van der Waals surface area contributed by atoms with Gasteiger partial charge in [0.15, 0.2) is 0 Å². The second kappa shape index (κ2) is 12.7. The fourth-order valence-electron chi connectivity index (χ4n) is 3.96. The van der Waals surface area contributed by atoms with Gasteiger partial charge in [0.25, 0.3) is 0 Å². The maximum absolute atomic E-state index is 10.5. The topological polar surface area (TPSA) is 83.9 Å². The van der Waals surface area contributed by atoms with Crippen molar-refractivity contribution in [3.05, 3.63) is 0 Å². The van der Waals surface area contributed by atoms with Crippen LogP contribution in [0, 0.1) is 0 Å². The SMILES string of the molecule is CCC(N(CCN(C(C)O)C(CC)[Si](C)(OC)OC)C(C)O)[Si](C)(OC)OC. The van der Waals surface area contributed by atoms with Crippen molar-refractivity contribution in [2.45, 2.75) is 77.4 Å². The smallest absolute Gasteiger partial charge is 0.352 e. The highest BCUT2D eigenvalue weighted by molar-refractivity contribution is 6.68. The molecule has 4 unspecified atom stereocenters. The van der Waals surface area contributed by atoms with E-state index in [2.05, 4.69) is 13.8 Å². The van der Waals surface area contributed by atoms with E-state index in [1.807, 2.05) is 22.9 Å². The third kappa shape index (κ3) is 6.83. The molecule has 0 spiro atoms. The molecule has 8 nitrogen and oxygen atoms in total. The Labute approximate surface area is 174 Å². The Kier molecular flexibility index (Phi) is 12.8. The van der Waals surface area contributed by atoms with Crippen LogP contribution >= 0.6 is 0 Å². The van der Waals surface area contributed by atoms with Gasteiger partial charge in [-0.2, -0.15) is 0 Å². The van der Waals surface area contributed by atoms with Gasteiger partial charge in [-0.05, 0) is 39.8 Å². The highest BCUT2D eigenvalue weighted by atomic mass is 28.4. The molecule has 0 aliphatic rings. The lowest BCUT2D eigenvalue weighted by molar-refractivity contribution is -0.0421. The Bertz CT molecular complexity index is 385. The van der Waals surface area contributed by atoms with Crippen LogP contribution in [0.3, 0.4) is 0 Å². The van der Waals surface area contributed by atoms with Gasteiger partial charge in [0.2, 0.25) is 0 Å².